The number of nitrogens with one attached hydrogen (secondary N) is 2. The zero-order valence-electron chi connectivity index (χ0n) is 13.2. The Bertz CT molecular complexity index is 441. The standard InChI is InChI=1S/C16H25BrN2O2/c1-5-14(19-15(20)21-16(2,3)4)11-18-10-12-6-8-13(17)9-7-12/h6-9,14,18H,5,10-11H2,1-4H3,(H,19,20). The Hall–Kier alpha value is -1.07. The summed E-state index contributed by atoms with van der Waals surface area (Å²) in [5, 5.41) is 6.24. The third-order valence-electron chi connectivity index (χ3n) is 2.85. The van der Waals surface area contributed by atoms with E-state index < -0.39 is 5.60 Å². The molecule has 21 heavy (non-hydrogen) atoms. The van der Waals surface area contributed by atoms with Gasteiger partial charge >= 0.3 is 6.09 Å². The van der Waals surface area contributed by atoms with Crippen molar-refractivity contribution in [3.05, 3.63) is 34.3 Å². The van der Waals surface area contributed by atoms with Crippen LogP contribution in [0.5, 0.6) is 0 Å². The summed E-state index contributed by atoms with van der Waals surface area (Å²) in [4.78, 5) is 11.7. The highest BCUT2D eigenvalue weighted by Gasteiger charge is 2.18. The largest absolute Gasteiger partial charge is 0.444 e. The van der Waals surface area contributed by atoms with Gasteiger partial charge in [-0.05, 0) is 44.9 Å². The van der Waals surface area contributed by atoms with E-state index in [2.05, 4.69) is 38.7 Å². The summed E-state index contributed by atoms with van der Waals surface area (Å²) in [5.41, 5.74) is 0.748. The molecule has 0 heterocycles. The van der Waals surface area contributed by atoms with Crippen LogP contribution in [0.15, 0.2) is 28.7 Å². The second-order valence-corrected chi connectivity index (χ2v) is 6.92. The van der Waals surface area contributed by atoms with Crippen molar-refractivity contribution in [2.45, 2.75) is 52.3 Å². The van der Waals surface area contributed by atoms with E-state index in [4.69, 9.17) is 4.74 Å². The fourth-order valence-electron chi connectivity index (χ4n) is 1.76. The Morgan fingerprint density at radius 3 is 2.43 bits per heavy atom. The normalized spacial score (nSPS) is 12.8. The molecule has 0 spiro atoms. The number of alkyl carbamates (subject to hydrolysis) is 1. The smallest absolute Gasteiger partial charge is 0.407 e. The van der Waals surface area contributed by atoms with E-state index in [1.807, 2.05) is 39.8 Å². The molecule has 2 N–H and O–H groups in total. The number of carbonyl (C=O) groups is 1. The first-order chi connectivity index (χ1) is 9.80. The van der Waals surface area contributed by atoms with Crippen molar-refractivity contribution in [3.8, 4) is 0 Å². The van der Waals surface area contributed by atoms with Gasteiger partial charge < -0.3 is 15.4 Å². The lowest BCUT2D eigenvalue weighted by Crippen LogP contribution is -2.43. The van der Waals surface area contributed by atoms with E-state index in [0.29, 0.717) is 6.54 Å². The van der Waals surface area contributed by atoms with Crippen molar-refractivity contribution in [2.24, 2.45) is 0 Å². The molecule has 1 atom stereocenters. The topological polar surface area (TPSA) is 50.4 Å². The SMILES string of the molecule is CCC(CNCc1ccc(Br)cc1)NC(=O)OC(C)(C)C. The quantitative estimate of drug-likeness (QED) is 0.813. The molecular formula is C16H25BrN2O2. The van der Waals surface area contributed by atoms with Crippen molar-refractivity contribution in [1.82, 2.24) is 10.6 Å². The van der Waals surface area contributed by atoms with E-state index in [9.17, 15) is 4.79 Å². The van der Waals surface area contributed by atoms with Gasteiger partial charge in [0, 0.05) is 23.6 Å². The van der Waals surface area contributed by atoms with Crippen molar-refractivity contribution in [1.29, 1.82) is 0 Å². The van der Waals surface area contributed by atoms with Crippen LogP contribution in [-0.2, 0) is 11.3 Å². The summed E-state index contributed by atoms with van der Waals surface area (Å²) in [6.07, 6.45) is 0.492. The van der Waals surface area contributed by atoms with Crippen LogP contribution >= 0.6 is 15.9 Å². The number of halogens is 1. The minimum absolute atomic E-state index is 0.0651. The summed E-state index contributed by atoms with van der Waals surface area (Å²) in [6.45, 7) is 9.12. The number of hydrogen-bond donors (Lipinski definition) is 2. The number of rotatable bonds is 6. The van der Waals surface area contributed by atoms with Crippen molar-refractivity contribution in [3.63, 3.8) is 0 Å². The maximum Gasteiger partial charge on any atom is 0.407 e. The van der Waals surface area contributed by atoms with E-state index >= 15 is 0 Å². The Morgan fingerprint density at radius 1 is 1.29 bits per heavy atom. The van der Waals surface area contributed by atoms with Gasteiger partial charge in [0.15, 0.2) is 0 Å². The fraction of sp³-hybridized carbons (Fsp3) is 0.562. The van der Waals surface area contributed by atoms with Crippen LogP contribution in [0.3, 0.4) is 0 Å². The Labute approximate surface area is 135 Å². The fourth-order valence-corrected chi connectivity index (χ4v) is 2.03. The molecule has 0 saturated heterocycles. The molecular weight excluding hydrogens is 332 g/mol. The highest BCUT2D eigenvalue weighted by Crippen LogP contribution is 2.10. The molecule has 0 saturated carbocycles. The van der Waals surface area contributed by atoms with Gasteiger partial charge in [0.25, 0.3) is 0 Å². The summed E-state index contributed by atoms with van der Waals surface area (Å²) < 4.78 is 6.34. The minimum atomic E-state index is -0.465. The van der Waals surface area contributed by atoms with Crippen LogP contribution in [0.4, 0.5) is 4.79 Å². The first-order valence-corrected chi connectivity index (χ1v) is 8.04. The van der Waals surface area contributed by atoms with Crippen LogP contribution in [0.1, 0.15) is 39.7 Å². The summed E-state index contributed by atoms with van der Waals surface area (Å²) in [7, 11) is 0. The molecule has 0 aliphatic carbocycles. The van der Waals surface area contributed by atoms with Crippen LogP contribution in [0.2, 0.25) is 0 Å². The molecule has 0 aliphatic rings. The number of carbonyl (C=O) groups excluding carboxylic acids is 1. The predicted octanol–water partition coefficient (Wildman–Crippen LogP) is 3.84. The minimum Gasteiger partial charge on any atom is -0.444 e. The predicted molar refractivity (Wildman–Crippen MR) is 89.3 cm³/mol. The number of benzene rings is 1. The lowest BCUT2D eigenvalue weighted by atomic mass is 10.2. The van der Waals surface area contributed by atoms with Gasteiger partial charge in [0.1, 0.15) is 5.60 Å². The van der Waals surface area contributed by atoms with Crippen molar-refractivity contribution < 1.29 is 9.53 Å². The second-order valence-electron chi connectivity index (χ2n) is 6.01. The highest BCUT2D eigenvalue weighted by molar-refractivity contribution is 9.10. The molecule has 0 aromatic heterocycles. The zero-order valence-corrected chi connectivity index (χ0v) is 14.8. The molecule has 1 amide bonds. The zero-order chi connectivity index (χ0) is 15.9. The van der Waals surface area contributed by atoms with E-state index in [1.54, 1.807) is 0 Å². The van der Waals surface area contributed by atoms with Crippen molar-refractivity contribution in [2.75, 3.05) is 6.54 Å². The molecule has 1 aromatic carbocycles. The molecule has 0 aliphatic heterocycles. The highest BCUT2D eigenvalue weighted by atomic mass is 79.9. The van der Waals surface area contributed by atoms with Gasteiger partial charge in [-0.15, -0.1) is 0 Å². The van der Waals surface area contributed by atoms with Gasteiger partial charge in [0.2, 0.25) is 0 Å². The first kappa shape index (κ1) is 18.0. The lowest BCUT2D eigenvalue weighted by Gasteiger charge is -2.23. The molecule has 1 rings (SSSR count). The molecule has 0 fully saturated rings. The third kappa shape index (κ3) is 8.07. The average molecular weight is 357 g/mol. The first-order valence-electron chi connectivity index (χ1n) is 7.25. The van der Waals surface area contributed by atoms with Crippen LogP contribution in [-0.4, -0.2) is 24.3 Å². The average Bonchev–Trinajstić information content (AvgIpc) is 2.37. The maximum atomic E-state index is 11.7. The summed E-state index contributed by atoms with van der Waals surface area (Å²) in [5.74, 6) is 0. The summed E-state index contributed by atoms with van der Waals surface area (Å²) in [6, 6.07) is 8.24. The monoisotopic (exact) mass is 356 g/mol. The maximum absolute atomic E-state index is 11.7. The molecule has 0 bridgehead atoms. The molecule has 1 aromatic rings. The molecule has 0 radical (unpaired) electrons. The van der Waals surface area contributed by atoms with Gasteiger partial charge in [0.05, 0.1) is 0 Å². The Morgan fingerprint density at radius 2 is 1.90 bits per heavy atom. The molecule has 4 nitrogen and oxygen atoms in total. The third-order valence-corrected chi connectivity index (χ3v) is 3.38. The van der Waals surface area contributed by atoms with Gasteiger partial charge in [-0.1, -0.05) is 35.0 Å². The van der Waals surface area contributed by atoms with Crippen LogP contribution in [0, 0.1) is 0 Å². The number of ether oxygens (including phenoxy) is 1. The Balaban J connectivity index is 2.34. The number of amides is 1. The van der Waals surface area contributed by atoms with Gasteiger partial charge in [-0.2, -0.15) is 0 Å². The van der Waals surface area contributed by atoms with Gasteiger partial charge in [-0.3, -0.25) is 0 Å². The second kappa shape index (κ2) is 8.39. The Kier molecular flexibility index (Phi) is 7.18. The lowest BCUT2D eigenvalue weighted by molar-refractivity contribution is 0.0502. The molecule has 118 valence electrons. The van der Waals surface area contributed by atoms with Crippen LogP contribution in [0.25, 0.3) is 0 Å². The summed E-state index contributed by atoms with van der Waals surface area (Å²) >= 11 is 3.42. The van der Waals surface area contributed by atoms with E-state index in [-0.39, 0.29) is 12.1 Å². The van der Waals surface area contributed by atoms with Crippen molar-refractivity contribution >= 4 is 22.0 Å². The van der Waals surface area contributed by atoms with Gasteiger partial charge in [-0.25, -0.2) is 4.79 Å². The van der Waals surface area contributed by atoms with E-state index in [1.165, 1.54) is 5.56 Å². The van der Waals surface area contributed by atoms with E-state index in [0.717, 1.165) is 17.4 Å². The molecule has 1 unspecified atom stereocenters. The number of hydrogen-bond acceptors (Lipinski definition) is 3. The van der Waals surface area contributed by atoms with Crippen LogP contribution < -0.4 is 10.6 Å². The molecule has 5 heteroatoms.